The van der Waals surface area contributed by atoms with Crippen molar-refractivity contribution < 1.29 is 9.53 Å². The van der Waals surface area contributed by atoms with Gasteiger partial charge in [-0.25, -0.2) is 0 Å². The average Bonchev–Trinajstić information content (AvgIpc) is 2.56. The van der Waals surface area contributed by atoms with Gasteiger partial charge >= 0.3 is 0 Å². The Hall–Kier alpha value is -1.52. The Bertz CT molecular complexity index is 508. The quantitative estimate of drug-likeness (QED) is 0.792. The lowest BCUT2D eigenvalue weighted by atomic mass is 10.0. The van der Waals surface area contributed by atoms with Crippen LogP contribution in [0.2, 0.25) is 5.02 Å². The van der Waals surface area contributed by atoms with E-state index in [1.807, 2.05) is 37.3 Å². The molecular formula is C17H23ClN2O2. The fourth-order valence-electron chi connectivity index (χ4n) is 2.40. The van der Waals surface area contributed by atoms with Gasteiger partial charge in [0.2, 0.25) is 0 Å². The van der Waals surface area contributed by atoms with Crippen LogP contribution in [0.5, 0.6) is 0 Å². The van der Waals surface area contributed by atoms with E-state index < -0.39 is 0 Å². The van der Waals surface area contributed by atoms with Crippen LogP contribution < -0.4 is 10.6 Å². The Kier molecular flexibility index (Phi) is 6.74. The first-order chi connectivity index (χ1) is 10.7. The maximum Gasteiger partial charge on any atom is 0.267 e. The smallest absolute Gasteiger partial charge is 0.267 e. The van der Waals surface area contributed by atoms with Crippen LogP contribution in [-0.2, 0) is 16.1 Å². The predicted molar refractivity (Wildman–Crippen MR) is 88.6 cm³/mol. The number of carbonyl (C=O) groups excluding carboxylic acids is 1. The van der Waals surface area contributed by atoms with Crippen LogP contribution >= 0.6 is 11.6 Å². The summed E-state index contributed by atoms with van der Waals surface area (Å²) in [5, 5.41) is 6.87. The van der Waals surface area contributed by atoms with Crippen LogP contribution in [-0.4, -0.2) is 25.7 Å². The number of hydrogen-bond donors (Lipinski definition) is 2. The lowest BCUT2D eigenvalue weighted by Crippen LogP contribution is -2.35. The number of hydrogen-bond acceptors (Lipinski definition) is 3. The lowest BCUT2D eigenvalue weighted by Gasteiger charge is -2.23. The van der Waals surface area contributed by atoms with E-state index in [1.165, 1.54) is 0 Å². The summed E-state index contributed by atoms with van der Waals surface area (Å²) >= 11 is 5.85. The first kappa shape index (κ1) is 16.8. The minimum Gasteiger partial charge on any atom is -0.381 e. The third kappa shape index (κ3) is 5.35. The molecule has 1 saturated heterocycles. The summed E-state index contributed by atoms with van der Waals surface area (Å²) in [6.45, 7) is 4.82. The van der Waals surface area contributed by atoms with Crippen molar-refractivity contribution in [1.82, 2.24) is 10.6 Å². The molecule has 1 fully saturated rings. The van der Waals surface area contributed by atoms with Crippen molar-refractivity contribution in [2.24, 2.45) is 5.92 Å². The van der Waals surface area contributed by atoms with Gasteiger partial charge in [0.1, 0.15) is 0 Å². The second kappa shape index (κ2) is 8.81. The number of ether oxygens (including phenoxy) is 1. The van der Waals surface area contributed by atoms with Crippen molar-refractivity contribution in [3.8, 4) is 0 Å². The van der Waals surface area contributed by atoms with Crippen LogP contribution in [0.1, 0.15) is 25.3 Å². The lowest BCUT2D eigenvalue weighted by molar-refractivity contribution is -0.118. The highest BCUT2D eigenvalue weighted by Crippen LogP contribution is 2.14. The second-order valence-corrected chi connectivity index (χ2v) is 5.88. The van der Waals surface area contributed by atoms with Gasteiger partial charge in [0, 0.05) is 31.3 Å². The van der Waals surface area contributed by atoms with Crippen molar-refractivity contribution in [3.05, 3.63) is 46.6 Å². The van der Waals surface area contributed by atoms with E-state index in [0.717, 1.165) is 38.2 Å². The molecule has 2 rings (SSSR count). The molecule has 1 aromatic carbocycles. The number of benzene rings is 1. The topological polar surface area (TPSA) is 50.4 Å². The number of rotatable bonds is 6. The summed E-state index contributed by atoms with van der Waals surface area (Å²) in [5.74, 6) is 0.497. The Morgan fingerprint density at radius 2 is 1.95 bits per heavy atom. The number of amides is 1. The van der Waals surface area contributed by atoms with E-state index in [9.17, 15) is 4.79 Å². The van der Waals surface area contributed by atoms with E-state index in [2.05, 4.69) is 10.6 Å². The molecule has 0 aliphatic carbocycles. The van der Waals surface area contributed by atoms with Gasteiger partial charge in [-0.05, 0) is 43.4 Å². The van der Waals surface area contributed by atoms with E-state index in [1.54, 1.807) is 0 Å². The first-order valence-electron chi connectivity index (χ1n) is 7.69. The zero-order chi connectivity index (χ0) is 15.8. The Labute approximate surface area is 136 Å². The van der Waals surface area contributed by atoms with Gasteiger partial charge < -0.3 is 15.4 Å². The van der Waals surface area contributed by atoms with Crippen LogP contribution in [0, 0.1) is 5.92 Å². The summed E-state index contributed by atoms with van der Waals surface area (Å²) in [7, 11) is 0. The summed E-state index contributed by atoms with van der Waals surface area (Å²) in [6.07, 6.45) is 3.92. The number of halogens is 1. The van der Waals surface area contributed by atoms with Crippen LogP contribution in [0.4, 0.5) is 0 Å². The molecule has 1 aromatic rings. The molecule has 2 N–H and O–H groups in total. The average molecular weight is 323 g/mol. The summed E-state index contributed by atoms with van der Waals surface area (Å²) in [5.41, 5.74) is 1.65. The first-order valence-corrected chi connectivity index (χ1v) is 8.07. The van der Waals surface area contributed by atoms with E-state index >= 15 is 0 Å². The van der Waals surface area contributed by atoms with Gasteiger partial charge in [0.05, 0.1) is 5.70 Å². The molecule has 120 valence electrons. The largest absolute Gasteiger partial charge is 0.381 e. The molecule has 0 radical (unpaired) electrons. The minimum atomic E-state index is -0.0792. The molecule has 5 heteroatoms. The van der Waals surface area contributed by atoms with E-state index in [-0.39, 0.29) is 5.91 Å². The molecule has 22 heavy (non-hydrogen) atoms. The second-order valence-electron chi connectivity index (χ2n) is 5.45. The normalized spacial score (nSPS) is 16.4. The van der Waals surface area contributed by atoms with Gasteiger partial charge in [0.25, 0.3) is 5.91 Å². The van der Waals surface area contributed by atoms with Crippen LogP contribution in [0.3, 0.4) is 0 Å². The third-order valence-electron chi connectivity index (χ3n) is 3.82. The maximum atomic E-state index is 12.2. The number of allylic oxidation sites excluding steroid dienone is 1. The molecular weight excluding hydrogens is 300 g/mol. The van der Waals surface area contributed by atoms with Gasteiger partial charge in [0.15, 0.2) is 0 Å². The van der Waals surface area contributed by atoms with Crippen molar-refractivity contribution in [3.63, 3.8) is 0 Å². The standard InChI is InChI=1S/C17H23ClN2O2/c1-2-16(19-11-14-7-9-22-10-8-14)17(21)20-12-13-3-5-15(18)6-4-13/h2-6,14,19H,7-12H2,1H3,(H,20,21)/b16-2+. The molecule has 0 atom stereocenters. The molecule has 0 spiro atoms. The molecule has 1 aliphatic rings. The highest BCUT2D eigenvalue weighted by molar-refractivity contribution is 6.30. The van der Waals surface area contributed by atoms with Crippen LogP contribution in [0.25, 0.3) is 0 Å². The Balaban J connectivity index is 1.77. The minimum absolute atomic E-state index is 0.0792. The Morgan fingerprint density at radius 3 is 2.59 bits per heavy atom. The molecule has 0 aromatic heterocycles. The molecule has 1 aliphatic heterocycles. The van der Waals surface area contributed by atoms with Gasteiger partial charge in [-0.3, -0.25) is 4.79 Å². The van der Waals surface area contributed by atoms with Crippen molar-refractivity contribution in [2.45, 2.75) is 26.3 Å². The summed E-state index contributed by atoms with van der Waals surface area (Å²) in [4.78, 5) is 12.2. The fraction of sp³-hybridized carbons (Fsp3) is 0.471. The van der Waals surface area contributed by atoms with Gasteiger partial charge in [-0.15, -0.1) is 0 Å². The third-order valence-corrected chi connectivity index (χ3v) is 4.07. The highest BCUT2D eigenvalue weighted by atomic mass is 35.5. The molecule has 1 amide bonds. The van der Waals surface area contributed by atoms with Gasteiger partial charge in [-0.1, -0.05) is 29.8 Å². The molecule has 1 heterocycles. The summed E-state index contributed by atoms with van der Waals surface area (Å²) < 4.78 is 5.35. The molecule has 0 bridgehead atoms. The zero-order valence-corrected chi connectivity index (χ0v) is 13.7. The SMILES string of the molecule is C/C=C(/NCC1CCOCC1)C(=O)NCc1ccc(Cl)cc1. The van der Waals surface area contributed by atoms with E-state index in [4.69, 9.17) is 16.3 Å². The molecule has 4 nitrogen and oxygen atoms in total. The summed E-state index contributed by atoms with van der Waals surface area (Å²) in [6, 6.07) is 7.47. The van der Waals surface area contributed by atoms with Gasteiger partial charge in [-0.2, -0.15) is 0 Å². The van der Waals surface area contributed by atoms with Crippen molar-refractivity contribution >= 4 is 17.5 Å². The Morgan fingerprint density at radius 1 is 1.27 bits per heavy atom. The monoisotopic (exact) mass is 322 g/mol. The predicted octanol–water partition coefficient (Wildman–Crippen LogP) is 2.88. The number of nitrogens with one attached hydrogen (secondary N) is 2. The van der Waals surface area contributed by atoms with Crippen molar-refractivity contribution in [2.75, 3.05) is 19.8 Å². The zero-order valence-electron chi connectivity index (χ0n) is 12.9. The van der Waals surface area contributed by atoms with Crippen molar-refractivity contribution in [1.29, 1.82) is 0 Å². The fourth-order valence-corrected chi connectivity index (χ4v) is 2.52. The van der Waals surface area contributed by atoms with E-state index in [0.29, 0.717) is 23.2 Å². The molecule has 0 unspecified atom stereocenters. The maximum absolute atomic E-state index is 12.2. The highest BCUT2D eigenvalue weighted by Gasteiger charge is 2.15. The van der Waals surface area contributed by atoms with Crippen LogP contribution in [0.15, 0.2) is 36.0 Å². The number of carbonyl (C=O) groups is 1. The molecule has 0 saturated carbocycles.